The lowest BCUT2D eigenvalue weighted by molar-refractivity contribution is -0.0705. The maximum atomic E-state index is 10.3. The number of hydrogen-bond donors (Lipinski definition) is 4. The molecule has 3 rings (SSSR count). The minimum Gasteiger partial charge on any atom is -0.394 e. The van der Waals surface area contributed by atoms with Gasteiger partial charge in [0.15, 0.2) is 17.7 Å². The molecule has 0 saturated carbocycles. The van der Waals surface area contributed by atoms with Crippen LogP contribution in [0.2, 0.25) is 0 Å². The van der Waals surface area contributed by atoms with E-state index in [1.54, 1.807) is 4.57 Å². The molecule has 6 N–H and O–H groups in total. The second-order valence-electron chi connectivity index (χ2n) is 5.30. The van der Waals surface area contributed by atoms with Crippen molar-refractivity contribution in [3.63, 3.8) is 0 Å². The number of nitrogen functional groups attached to an aromatic ring is 1. The highest BCUT2D eigenvalue weighted by molar-refractivity contribution is 5.81. The van der Waals surface area contributed by atoms with Crippen molar-refractivity contribution >= 4 is 17.0 Å². The lowest BCUT2D eigenvalue weighted by atomic mass is 10.1. The molecule has 23 heavy (non-hydrogen) atoms. The number of ether oxygens (including phenoxy) is 2. The summed E-state index contributed by atoms with van der Waals surface area (Å²) in [6.45, 7) is 0.535. The molecule has 10 heteroatoms. The summed E-state index contributed by atoms with van der Waals surface area (Å²) in [6.07, 6.45) is 0.409. The zero-order valence-corrected chi connectivity index (χ0v) is 12.4. The van der Waals surface area contributed by atoms with E-state index in [4.69, 9.17) is 20.9 Å². The number of hydrogen-bond acceptors (Lipinski definition) is 9. The molecule has 0 aromatic carbocycles. The molecular weight excluding hydrogens is 304 g/mol. The molecule has 126 valence electrons. The highest BCUT2D eigenvalue weighted by Crippen LogP contribution is 2.33. The summed E-state index contributed by atoms with van der Waals surface area (Å²) in [7, 11) is 0. The molecule has 2 aromatic heterocycles. The van der Waals surface area contributed by atoms with Gasteiger partial charge in [0.2, 0.25) is 0 Å². The molecule has 3 heterocycles. The van der Waals surface area contributed by atoms with E-state index in [1.165, 1.54) is 12.7 Å². The Morgan fingerprint density at radius 3 is 2.91 bits per heavy atom. The molecule has 1 fully saturated rings. The first-order valence-corrected chi connectivity index (χ1v) is 7.36. The topological polar surface area (TPSA) is 155 Å². The first-order valence-electron chi connectivity index (χ1n) is 7.36. The van der Waals surface area contributed by atoms with E-state index in [2.05, 4.69) is 15.0 Å². The monoisotopic (exact) mass is 324 g/mol. The zero-order chi connectivity index (χ0) is 16.4. The molecule has 1 aliphatic rings. The molecule has 0 spiro atoms. The van der Waals surface area contributed by atoms with Crippen molar-refractivity contribution in [3.05, 3.63) is 12.7 Å². The van der Waals surface area contributed by atoms with Crippen molar-refractivity contribution in [2.45, 2.75) is 31.0 Å². The largest absolute Gasteiger partial charge is 0.394 e. The molecule has 0 unspecified atom stereocenters. The molecule has 10 nitrogen and oxygen atoms in total. The van der Waals surface area contributed by atoms with Crippen LogP contribution in [-0.2, 0) is 9.47 Å². The summed E-state index contributed by atoms with van der Waals surface area (Å²) in [5.74, 6) is 0.256. The number of anilines is 1. The first-order chi connectivity index (χ1) is 11.2. The number of nitrogens with zero attached hydrogens (tertiary/aromatic N) is 4. The quantitative estimate of drug-likeness (QED) is 0.459. The Morgan fingerprint density at radius 1 is 1.35 bits per heavy atom. The van der Waals surface area contributed by atoms with Crippen molar-refractivity contribution in [2.24, 2.45) is 5.73 Å². The van der Waals surface area contributed by atoms with Crippen LogP contribution < -0.4 is 11.5 Å². The van der Waals surface area contributed by atoms with Gasteiger partial charge in [-0.2, -0.15) is 0 Å². The predicted molar refractivity (Wildman–Crippen MR) is 80.1 cm³/mol. The van der Waals surface area contributed by atoms with E-state index in [0.717, 1.165) is 0 Å². The number of nitrogens with two attached hydrogens (primary N) is 2. The second-order valence-corrected chi connectivity index (χ2v) is 5.30. The lowest BCUT2D eigenvalue weighted by Crippen LogP contribution is -2.36. The van der Waals surface area contributed by atoms with E-state index in [-0.39, 0.29) is 12.4 Å². The van der Waals surface area contributed by atoms with Gasteiger partial charge in [-0.15, -0.1) is 0 Å². The van der Waals surface area contributed by atoms with E-state index < -0.39 is 24.5 Å². The van der Waals surface area contributed by atoms with Crippen LogP contribution in [0.15, 0.2) is 12.7 Å². The molecular formula is C13H20N6O4. The molecule has 4 atom stereocenters. The van der Waals surface area contributed by atoms with Gasteiger partial charge in [0.1, 0.15) is 30.2 Å². The maximum Gasteiger partial charge on any atom is 0.167 e. The summed E-state index contributed by atoms with van der Waals surface area (Å²) in [5, 5.41) is 19.7. The predicted octanol–water partition coefficient (Wildman–Crippen LogP) is -1.61. The van der Waals surface area contributed by atoms with Crippen LogP contribution in [0.3, 0.4) is 0 Å². The molecule has 0 bridgehead atoms. The molecule has 0 radical (unpaired) electrons. The van der Waals surface area contributed by atoms with Crippen LogP contribution >= 0.6 is 0 Å². The summed E-state index contributed by atoms with van der Waals surface area (Å²) in [5.41, 5.74) is 12.2. The van der Waals surface area contributed by atoms with Crippen molar-refractivity contribution in [1.82, 2.24) is 19.5 Å². The van der Waals surface area contributed by atoms with E-state index >= 15 is 0 Å². The molecule has 1 saturated heterocycles. The molecule has 2 aromatic rings. The highest BCUT2D eigenvalue weighted by atomic mass is 16.6. The summed E-state index contributed by atoms with van der Waals surface area (Å²) < 4.78 is 13.1. The smallest absolute Gasteiger partial charge is 0.167 e. The third-order valence-electron chi connectivity index (χ3n) is 3.81. The van der Waals surface area contributed by atoms with Crippen molar-refractivity contribution in [3.8, 4) is 0 Å². The number of imidazole rings is 1. The van der Waals surface area contributed by atoms with Crippen LogP contribution in [0.4, 0.5) is 5.82 Å². The Labute approximate surface area is 132 Å². The number of aromatic nitrogens is 4. The number of rotatable bonds is 6. The van der Waals surface area contributed by atoms with Gasteiger partial charge in [0, 0.05) is 6.61 Å². The van der Waals surface area contributed by atoms with Crippen molar-refractivity contribution < 1.29 is 19.7 Å². The molecule has 0 amide bonds. The van der Waals surface area contributed by atoms with Gasteiger partial charge in [-0.3, -0.25) is 4.57 Å². The fourth-order valence-corrected chi connectivity index (χ4v) is 2.63. The standard InChI is InChI=1S/C13H20N6O4/c14-2-1-3-22-10-9(21)7(4-20)23-13(10)19-6-18-8-11(15)16-5-17-12(8)19/h5-7,9-10,13,20-21H,1-4,14H2,(H2,15,16,17)/t7-,9-,10-,13-/m1/s1. The van der Waals surface area contributed by atoms with Gasteiger partial charge in [0.25, 0.3) is 0 Å². The summed E-state index contributed by atoms with van der Waals surface area (Å²) >= 11 is 0. The fourth-order valence-electron chi connectivity index (χ4n) is 2.63. The Kier molecular flexibility index (Phi) is 4.68. The first kappa shape index (κ1) is 16.0. The highest BCUT2D eigenvalue weighted by Gasteiger charge is 2.45. The summed E-state index contributed by atoms with van der Waals surface area (Å²) in [6, 6.07) is 0. The Balaban J connectivity index is 1.92. The average molecular weight is 324 g/mol. The second kappa shape index (κ2) is 6.72. The molecule has 0 aliphatic carbocycles. The third kappa shape index (κ3) is 2.86. The fraction of sp³-hybridized carbons (Fsp3) is 0.615. The zero-order valence-electron chi connectivity index (χ0n) is 12.4. The third-order valence-corrected chi connectivity index (χ3v) is 3.81. The van der Waals surface area contributed by atoms with E-state index in [9.17, 15) is 10.2 Å². The van der Waals surface area contributed by atoms with Gasteiger partial charge in [-0.25, -0.2) is 15.0 Å². The van der Waals surface area contributed by atoms with Crippen LogP contribution in [0, 0.1) is 0 Å². The van der Waals surface area contributed by atoms with Crippen molar-refractivity contribution in [1.29, 1.82) is 0 Å². The number of aliphatic hydroxyl groups is 2. The minimum absolute atomic E-state index is 0.256. The lowest BCUT2D eigenvalue weighted by Gasteiger charge is -2.22. The summed E-state index contributed by atoms with van der Waals surface area (Å²) in [4.78, 5) is 12.2. The van der Waals surface area contributed by atoms with Gasteiger partial charge in [-0.05, 0) is 13.0 Å². The minimum atomic E-state index is -0.973. The molecule has 1 aliphatic heterocycles. The van der Waals surface area contributed by atoms with Crippen LogP contribution in [-0.4, -0.2) is 67.8 Å². The van der Waals surface area contributed by atoms with E-state index in [1.807, 2.05) is 0 Å². The van der Waals surface area contributed by atoms with Crippen LogP contribution in [0.25, 0.3) is 11.2 Å². The normalized spacial score (nSPS) is 27.8. The van der Waals surface area contributed by atoms with Gasteiger partial charge < -0.3 is 31.2 Å². The number of fused-ring (bicyclic) bond motifs is 1. The van der Waals surface area contributed by atoms with Crippen molar-refractivity contribution in [2.75, 3.05) is 25.5 Å². The Bertz CT molecular complexity index is 665. The van der Waals surface area contributed by atoms with E-state index in [0.29, 0.717) is 30.7 Å². The Morgan fingerprint density at radius 2 is 2.17 bits per heavy atom. The number of aliphatic hydroxyl groups excluding tert-OH is 2. The van der Waals surface area contributed by atoms with Crippen LogP contribution in [0.5, 0.6) is 0 Å². The van der Waals surface area contributed by atoms with Gasteiger partial charge >= 0.3 is 0 Å². The SMILES string of the molecule is NCCCO[C@@H]1[C@H](O)[C@@H](CO)O[C@H]1n1cnc2c(N)ncnc21. The van der Waals surface area contributed by atoms with Gasteiger partial charge in [0.05, 0.1) is 12.9 Å². The van der Waals surface area contributed by atoms with Crippen LogP contribution in [0.1, 0.15) is 12.6 Å². The Hall–Kier alpha value is -1.85. The average Bonchev–Trinajstić information content (AvgIpc) is 3.10. The maximum absolute atomic E-state index is 10.3. The van der Waals surface area contributed by atoms with Gasteiger partial charge in [-0.1, -0.05) is 0 Å².